The lowest BCUT2D eigenvalue weighted by molar-refractivity contribution is 0.153. The second-order valence-corrected chi connectivity index (χ2v) is 4.04. The molecule has 0 spiro atoms. The normalized spacial score (nSPS) is 11.5. The molecule has 0 bridgehead atoms. The van der Waals surface area contributed by atoms with E-state index < -0.39 is 12.2 Å². The van der Waals surface area contributed by atoms with Crippen LogP contribution in [0.2, 0.25) is 5.02 Å². The SMILES string of the molecule is Fc1c(Cl)ccc2scc(C(F)F)c12. The monoisotopic (exact) mass is 236 g/mol. The van der Waals surface area contributed by atoms with Crippen molar-refractivity contribution >= 4 is 33.0 Å². The number of thiophene rings is 1. The molecule has 0 radical (unpaired) electrons. The van der Waals surface area contributed by atoms with Gasteiger partial charge in [-0.25, -0.2) is 13.2 Å². The van der Waals surface area contributed by atoms with Crippen LogP contribution in [0.5, 0.6) is 0 Å². The zero-order valence-corrected chi connectivity index (χ0v) is 8.30. The number of rotatable bonds is 1. The smallest absolute Gasteiger partial charge is 0.205 e. The van der Waals surface area contributed by atoms with Crippen LogP contribution in [-0.2, 0) is 0 Å². The molecule has 0 aliphatic rings. The predicted octanol–water partition coefficient (Wildman–Crippen LogP) is 4.63. The lowest BCUT2D eigenvalue weighted by Gasteiger charge is -1.99. The Morgan fingerprint density at radius 2 is 2.00 bits per heavy atom. The summed E-state index contributed by atoms with van der Waals surface area (Å²) in [6.45, 7) is 0. The highest BCUT2D eigenvalue weighted by Crippen LogP contribution is 2.36. The van der Waals surface area contributed by atoms with Crippen molar-refractivity contribution in [2.45, 2.75) is 6.43 Å². The summed E-state index contributed by atoms with van der Waals surface area (Å²) in [5.74, 6) is -0.763. The summed E-state index contributed by atoms with van der Waals surface area (Å²) >= 11 is 6.59. The zero-order valence-electron chi connectivity index (χ0n) is 6.73. The van der Waals surface area contributed by atoms with Gasteiger partial charge in [-0.15, -0.1) is 11.3 Å². The summed E-state index contributed by atoms with van der Waals surface area (Å²) in [6.07, 6.45) is -2.67. The largest absolute Gasteiger partial charge is 0.265 e. The van der Waals surface area contributed by atoms with Gasteiger partial charge in [-0.2, -0.15) is 0 Å². The number of hydrogen-bond donors (Lipinski definition) is 0. The molecular formula is C9H4ClF3S. The Kier molecular flexibility index (Phi) is 2.41. The van der Waals surface area contributed by atoms with Crippen LogP contribution in [-0.4, -0.2) is 0 Å². The minimum atomic E-state index is -2.67. The van der Waals surface area contributed by atoms with E-state index in [4.69, 9.17) is 11.6 Å². The summed E-state index contributed by atoms with van der Waals surface area (Å²) in [7, 11) is 0. The predicted molar refractivity (Wildman–Crippen MR) is 51.8 cm³/mol. The molecule has 0 saturated heterocycles. The third kappa shape index (κ3) is 1.38. The lowest BCUT2D eigenvalue weighted by Crippen LogP contribution is -1.85. The summed E-state index contributed by atoms with van der Waals surface area (Å²) in [6, 6.07) is 2.91. The average Bonchev–Trinajstić information content (AvgIpc) is 2.55. The van der Waals surface area contributed by atoms with Gasteiger partial charge in [0.1, 0.15) is 0 Å². The fraction of sp³-hybridized carbons (Fsp3) is 0.111. The van der Waals surface area contributed by atoms with Gasteiger partial charge in [-0.05, 0) is 12.1 Å². The average molecular weight is 237 g/mol. The minimum absolute atomic E-state index is 0.0579. The van der Waals surface area contributed by atoms with Crippen molar-refractivity contribution in [2.75, 3.05) is 0 Å². The van der Waals surface area contributed by atoms with Gasteiger partial charge >= 0.3 is 0 Å². The van der Waals surface area contributed by atoms with Crippen molar-refractivity contribution in [3.05, 3.63) is 33.9 Å². The fourth-order valence-electron chi connectivity index (χ4n) is 1.25. The van der Waals surface area contributed by atoms with E-state index in [2.05, 4.69) is 0 Å². The van der Waals surface area contributed by atoms with E-state index in [1.807, 2.05) is 0 Å². The maximum Gasteiger partial charge on any atom is 0.265 e. The van der Waals surface area contributed by atoms with Gasteiger partial charge in [0.15, 0.2) is 5.82 Å². The highest BCUT2D eigenvalue weighted by atomic mass is 35.5. The highest BCUT2D eigenvalue weighted by Gasteiger charge is 2.18. The van der Waals surface area contributed by atoms with Gasteiger partial charge in [0.2, 0.25) is 0 Å². The topological polar surface area (TPSA) is 0 Å². The Bertz CT molecular complexity index is 478. The molecule has 1 aromatic carbocycles. The first-order valence-electron chi connectivity index (χ1n) is 3.74. The van der Waals surface area contributed by atoms with Crippen molar-refractivity contribution in [3.63, 3.8) is 0 Å². The van der Waals surface area contributed by atoms with E-state index in [9.17, 15) is 13.2 Å². The molecule has 74 valence electrons. The third-order valence-corrected chi connectivity index (χ3v) is 3.15. The van der Waals surface area contributed by atoms with E-state index in [1.54, 1.807) is 0 Å². The third-order valence-electron chi connectivity index (χ3n) is 1.89. The Morgan fingerprint density at radius 3 is 2.64 bits per heavy atom. The van der Waals surface area contributed by atoms with Gasteiger partial charge in [0.25, 0.3) is 6.43 Å². The summed E-state index contributed by atoms with van der Waals surface area (Å²) in [4.78, 5) is 0. The van der Waals surface area contributed by atoms with Gasteiger partial charge in [-0.3, -0.25) is 0 Å². The first-order valence-corrected chi connectivity index (χ1v) is 5.00. The molecule has 0 amide bonds. The van der Waals surface area contributed by atoms with E-state index in [-0.39, 0.29) is 16.0 Å². The van der Waals surface area contributed by atoms with Crippen LogP contribution in [0.15, 0.2) is 17.5 Å². The quantitative estimate of drug-likeness (QED) is 0.677. The van der Waals surface area contributed by atoms with Crippen LogP contribution in [0, 0.1) is 5.82 Å². The Labute approximate surface area is 86.9 Å². The second kappa shape index (κ2) is 3.44. The molecule has 1 aromatic heterocycles. The number of hydrogen-bond acceptors (Lipinski definition) is 1. The molecule has 0 atom stereocenters. The molecule has 0 fully saturated rings. The molecular weight excluding hydrogens is 233 g/mol. The number of alkyl halides is 2. The van der Waals surface area contributed by atoms with Crippen molar-refractivity contribution < 1.29 is 13.2 Å². The maximum absolute atomic E-state index is 13.4. The van der Waals surface area contributed by atoms with Gasteiger partial charge in [-0.1, -0.05) is 11.6 Å². The van der Waals surface area contributed by atoms with Crippen LogP contribution in [0.4, 0.5) is 13.2 Å². The van der Waals surface area contributed by atoms with Crippen LogP contribution in [0.25, 0.3) is 10.1 Å². The Balaban J connectivity index is 2.82. The summed E-state index contributed by atoms with van der Waals surface area (Å²) < 4.78 is 38.8. The van der Waals surface area contributed by atoms with Crippen LogP contribution >= 0.6 is 22.9 Å². The zero-order chi connectivity index (χ0) is 10.3. The Morgan fingerprint density at radius 1 is 1.29 bits per heavy atom. The second-order valence-electron chi connectivity index (χ2n) is 2.73. The molecule has 0 N–H and O–H groups in total. The van der Waals surface area contributed by atoms with Crippen molar-refractivity contribution in [2.24, 2.45) is 0 Å². The van der Waals surface area contributed by atoms with Crippen molar-refractivity contribution in [1.29, 1.82) is 0 Å². The molecule has 0 aliphatic carbocycles. The number of fused-ring (bicyclic) bond motifs is 1. The molecule has 2 rings (SSSR count). The molecule has 14 heavy (non-hydrogen) atoms. The molecule has 0 nitrogen and oxygen atoms in total. The van der Waals surface area contributed by atoms with Gasteiger partial charge < -0.3 is 0 Å². The molecule has 1 heterocycles. The number of halogens is 4. The molecule has 0 unspecified atom stereocenters. The minimum Gasteiger partial charge on any atom is -0.205 e. The van der Waals surface area contributed by atoms with E-state index in [0.29, 0.717) is 4.70 Å². The van der Waals surface area contributed by atoms with E-state index >= 15 is 0 Å². The fourth-order valence-corrected chi connectivity index (χ4v) is 2.35. The molecule has 0 aliphatic heterocycles. The van der Waals surface area contributed by atoms with Crippen LogP contribution in [0.3, 0.4) is 0 Å². The Hall–Kier alpha value is -0.740. The van der Waals surface area contributed by atoms with Gasteiger partial charge in [0, 0.05) is 21.0 Å². The molecule has 2 aromatic rings. The highest BCUT2D eigenvalue weighted by molar-refractivity contribution is 7.17. The van der Waals surface area contributed by atoms with Crippen LogP contribution in [0.1, 0.15) is 12.0 Å². The van der Waals surface area contributed by atoms with Crippen LogP contribution < -0.4 is 0 Å². The standard InChI is InChI=1S/C9H4ClF3S/c10-5-1-2-6-7(8(5)11)4(3-14-6)9(12)13/h1-3,9H. The first-order chi connectivity index (χ1) is 6.61. The summed E-state index contributed by atoms with van der Waals surface area (Å²) in [5, 5.41) is 1.07. The van der Waals surface area contributed by atoms with E-state index in [0.717, 1.165) is 11.3 Å². The van der Waals surface area contributed by atoms with Crippen molar-refractivity contribution in [1.82, 2.24) is 0 Å². The first kappa shape index (κ1) is 9.80. The summed E-state index contributed by atoms with van der Waals surface area (Å²) in [5.41, 5.74) is -0.287. The van der Waals surface area contributed by atoms with E-state index in [1.165, 1.54) is 17.5 Å². The molecule has 0 saturated carbocycles. The lowest BCUT2D eigenvalue weighted by atomic mass is 10.2. The molecule has 5 heteroatoms. The number of benzene rings is 1. The van der Waals surface area contributed by atoms with Crippen molar-refractivity contribution in [3.8, 4) is 0 Å². The maximum atomic E-state index is 13.4. The van der Waals surface area contributed by atoms with Gasteiger partial charge in [0.05, 0.1) is 5.02 Å².